The van der Waals surface area contributed by atoms with E-state index in [4.69, 9.17) is 5.73 Å². The fraction of sp³-hybridized carbons (Fsp3) is 0.824. The first-order valence-corrected chi connectivity index (χ1v) is 9.14. The van der Waals surface area contributed by atoms with Gasteiger partial charge in [0.15, 0.2) is 0 Å². The van der Waals surface area contributed by atoms with E-state index in [1.165, 1.54) is 42.3 Å². The van der Waals surface area contributed by atoms with Crippen molar-refractivity contribution in [2.45, 2.75) is 71.8 Å². The molecule has 0 amide bonds. The van der Waals surface area contributed by atoms with Crippen molar-refractivity contribution in [2.75, 3.05) is 0 Å². The second-order valence-electron chi connectivity index (χ2n) is 7.16. The summed E-state index contributed by atoms with van der Waals surface area (Å²) in [5.74, 6) is 0.718. The Balaban J connectivity index is 2.19. The molecule has 1 atom stereocenters. The Morgan fingerprint density at radius 2 is 1.95 bits per heavy atom. The van der Waals surface area contributed by atoms with E-state index >= 15 is 0 Å². The molecule has 0 bridgehead atoms. The molecule has 0 radical (unpaired) electrons. The molecule has 21 heavy (non-hydrogen) atoms. The van der Waals surface area contributed by atoms with Crippen LogP contribution in [0.15, 0.2) is 4.47 Å². The standard InChI is InChI=1S/C17H30BrN3/c1-5-13-16(18)14(21(4)20-13)10-15(19)17(11-12(2)3)8-6-7-9-17/h12,15H,5-11,19H2,1-4H3. The lowest BCUT2D eigenvalue weighted by molar-refractivity contribution is 0.180. The topological polar surface area (TPSA) is 43.8 Å². The molecule has 1 heterocycles. The van der Waals surface area contributed by atoms with E-state index in [2.05, 4.69) is 41.8 Å². The highest BCUT2D eigenvalue weighted by molar-refractivity contribution is 9.10. The van der Waals surface area contributed by atoms with Crippen molar-refractivity contribution in [2.24, 2.45) is 24.1 Å². The molecule has 1 aromatic rings. The third-order valence-electron chi connectivity index (χ3n) is 5.12. The highest BCUT2D eigenvalue weighted by atomic mass is 79.9. The van der Waals surface area contributed by atoms with Crippen LogP contribution in [0.25, 0.3) is 0 Å². The summed E-state index contributed by atoms with van der Waals surface area (Å²) in [6, 6.07) is 0.235. The van der Waals surface area contributed by atoms with Crippen LogP contribution >= 0.6 is 15.9 Å². The molecule has 1 aromatic heterocycles. The molecule has 0 spiro atoms. The van der Waals surface area contributed by atoms with Crippen molar-refractivity contribution >= 4 is 15.9 Å². The Kier molecular flexibility index (Phi) is 5.53. The first kappa shape index (κ1) is 17.0. The van der Waals surface area contributed by atoms with E-state index in [1.54, 1.807) is 0 Å². The molecule has 1 fully saturated rings. The summed E-state index contributed by atoms with van der Waals surface area (Å²) in [5.41, 5.74) is 9.46. The molecular weight excluding hydrogens is 326 g/mol. The van der Waals surface area contributed by atoms with Gasteiger partial charge in [-0.3, -0.25) is 4.68 Å². The van der Waals surface area contributed by atoms with E-state index < -0.39 is 0 Å². The maximum absolute atomic E-state index is 6.72. The SMILES string of the molecule is CCc1nn(C)c(CC(N)C2(CC(C)C)CCCC2)c1Br. The van der Waals surface area contributed by atoms with E-state index in [9.17, 15) is 0 Å². The van der Waals surface area contributed by atoms with Gasteiger partial charge in [-0.15, -0.1) is 0 Å². The second kappa shape index (κ2) is 6.82. The van der Waals surface area contributed by atoms with Crippen LogP contribution < -0.4 is 5.73 Å². The van der Waals surface area contributed by atoms with Crippen LogP contribution in [0.4, 0.5) is 0 Å². The van der Waals surface area contributed by atoms with Gasteiger partial charge >= 0.3 is 0 Å². The van der Waals surface area contributed by atoms with Crippen LogP contribution in [-0.4, -0.2) is 15.8 Å². The fourth-order valence-electron chi connectivity index (χ4n) is 4.08. The maximum atomic E-state index is 6.72. The van der Waals surface area contributed by atoms with Crippen molar-refractivity contribution in [3.8, 4) is 0 Å². The molecule has 2 rings (SSSR count). The normalized spacial score (nSPS) is 19.4. The number of nitrogens with zero attached hydrogens (tertiary/aromatic N) is 2. The van der Waals surface area contributed by atoms with Gasteiger partial charge in [0.05, 0.1) is 15.9 Å². The minimum absolute atomic E-state index is 0.235. The molecule has 1 saturated carbocycles. The number of aryl methyl sites for hydroxylation is 2. The first-order valence-electron chi connectivity index (χ1n) is 8.35. The molecule has 120 valence electrons. The Labute approximate surface area is 137 Å². The number of nitrogens with two attached hydrogens (primary N) is 1. The number of hydrogen-bond acceptors (Lipinski definition) is 2. The highest BCUT2D eigenvalue weighted by Crippen LogP contribution is 2.46. The summed E-state index contributed by atoms with van der Waals surface area (Å²) < 4.78 is 3.18. The summed E-state index contributed by atoms with van der Waals surface area (Å²) in [5, 5.41) is 4.61. The number of hydrogen-bond donors (Lipinski definition) is 1. The van der Waals surface area contributed by atoms with Gasteiger partial charge in [-0.05, 0) is 52.9 Å². The predicted octanol–water partition coefficient (Wildman–Crippen LogP) is 4.22. The average Bonchev–Trinajstić information content (AvgIpc) is 2.98. The van der Waals surface area contributed by atoms with Crippen LogP contribution in [0, 0.1) is 11.3 Å². The lowest BCUT2D eigenvalue weighted by Crippen LogP contribution is -2.42. The monoisotopic (exact) mass is 355 g/mol. The zero-order chi connectivity index (χ0) is 15.6. The molecule has 0 aliphatic heterocycles. The lowest BCUT2D eigenvalue weighted by atomic mass is 9.71. The van der Waals surface area contributed by atoms with Gasteiger partial charge in [-0.1, -0.05) is 33.6 Å². The Bertz CT molecular complexity index is 473. The van der Waals surface area contributed by atoms with E-state index in [0.717, 1.165) is 24.5 Å². The molecule has 1 aliphatic rings. The Morgan fingerprint density at radius 1 is 1.33 bits per heavy atom. The van der Waals surface area contributed by atoms with Gasteiger partial charge in [-0.25, -0.2) is 0 Å². The smallest absolute Gasteiger partial charge is 0.0766 e. The number of aromatic nitrogens is 2. The van der Waals surface area contributed by atoms with Crippen LogP contribution in [-0.2, 0) is 19.9 Å². The molecule has 1 aliphatic carbocycles. The number of rotatable bonds is 6. The van der Waals surface area contributed by atoms with E-state index in [0.29, 0.717) is 5.41 Å². The van der Waals surface area contributed by atoms with Crippen molar-refractivity contribution in [1.82, 2.24) is 9.78 Å². The third-order valence-corrected chi connectivity index (χ3v) is 6.03. The molecule has 0 saturated heterocycles. The molecule has 1 unspecified atom stereocenters. The predicted molar refractivity (Wildman–Crippen MR) is 92.3 cm³/mol. The van der Waals surface area contributed by atoms with Crippen LogP contribution in [0.2, 0.25) is 0 Å². The lowest BCUT2D eigenvalue weighted by Gasteiger charge is -2.37. The van der Waals surface area contributed by atoms with Gasteiger partial charge in [0.1, 0.15) is 0 Å². The third kappa shape index (κ3) is 3.53. The Morgan fingerprint density at radius 3 is 2.43 bits per heavy atom. The zero-order valence-corrected chi connectivity index (χ0v) is 15.5. The molecule has 3 nitrogen and oxygen atoms in total. The van der Waals surface area contributed by atoms with Crippen LogP contribution in [0.3, 0.4) is 0 Å². The molecular formula is C17H30BrN3. The maximum Gasteiger partial charge on any atom is 0.0766 e. The average molecular weight is 356 g/mol. The van der Waals surface area contributed by atoms with Gasteiger partial charge in [0, 0.05) is 19.5 Å². The van der Waals surface area contributed by atoms with E-state index in [-0.39, 0.29) is 6.04 Å². The van der Waals surface area contributed by atoms with Crippen LogP contribution in [0.5, 0.6) is 0 Å². The number of halogens is 1. The minimum atomic E-state index is 0.235. The summed E-state index contributed by atoms with van der Waals surface area (Å²) >= 11 is 3.73. The second-order valence-corrected chi connectivity index (χ2v) is 7.96. The van der Waals surface area contributed by atoms with Crippen molar-refractivity contribution in [1.29, 1.82) is 0 Å². The summed E-state index contributed by atoms with van der Waals surface area (Å²) in [7, 11) is 2.04. The molecule has 4 heteroatoms. The summed E-state index contributed by atoms with van der Waals surface area (Å²) in [6.45, 7) is 6.79. The molecule has 0 aromatic carbocycles. The van der Waals surface area contributed by atoms with E-state index in [1.807, 2.05) is 11.7 Å². The quantitative estimate of drug-likeness (QED) is 0.829. The largest absolute Gasteiger partial charge is 0.327 e. The first-order chi connectivity index (χ1) is 9.89. The molecule has 2 N–H and O–H groups in total. The minimum Gasteiger partial charge on any atom is -0.327 e. The van der Waals surface area contributed by atoms with Gasteiger partial charge in [-0.2, -0.15) is 5.10 Å². The summed E-state index contributed by atoms with van der Waals surface area (Å²) in [4.78, 5) is 0. The van der Waals surface area contributed by atoms with Gasteiger partial charge in [0.2, 0.25) is 0 Å². The van der Waals surface area contributed by atoms with Crippen molar-refractivity contribution in [3.05, 3.63) is 15.9 Å². The van der Waals surface area contributed by atoms with Gasteiger partial charge in [0.25, 0.3) is 0 Å². The summed E-state index contributed by atoms with van der Waals surface area (Å²) in [6.07, 6.45) is 8.41. The highest BCUT2D eigenvalue weighted by Gasteiger charge is 2.40. The van der Waals surface area contributed by atoms with Crippen molar-refractivity contribution in [3.63, 3.8) is 0 Å². The van der Waals surface area contributed by atoms with Crippen LogP contribution in [0.1, 0.15) is 64.3 Å². The fourth-order valence-corrected chi connectivity index (χ4v) is 4.86. The van der Waals surface area contributed by atoms with Gasteiger partial charge < -0.3 is 5.73 Å². The zero-order valence-electron chi connectivity index (χ0n) is 14.0. The van der Waals surface area contributed by atoms with Crippen molar-refractivity contribution < 1.29 is 0 Å². The Hall–Kier alpha value is -0.350.